The number of esters is 1. The Hall–Kier alpha value is -3.16. The van der Waals surface area contributed by atoms with Gasteiger partial charge in [0.25, 0.3) is 0 Å². The second-order valence-electron chi connectivity index (χ2n) is 6.75. The highest BCUT2D eigenvalue weighted by atomic mass is 32.9. The first-order valence-electron chi connectivity index (χ1n) is 9.25. The molecule has 7 heteroatoms. The second-order valence-corrected chi connectivity index (χ2v) is 8.94. The highest BCUT2D eigenvalue weighted by molar-refractivity contribution is 7.69. The van der Waals surface area contributed by atoms with Gasteiger partial charge in [0, 0.05) is 4.88 Å². The van der Waals surface area contributed by atoms with Crippen molar-refractivity contribution in [2.75, 3.05) is 7.11 Å². The van der Waals surface area contributed by atoms with E-state index in [0.717, 1.165) is 32.5 Å². The van der Waals surface area contributed by atoms with Gasteiger partial charge in [0.2, 0.25) is 0 Å². The van der Waals surface area contributed by atoms with Gasteiger partial charge < -0.3 is 14.7 Å². The van der Waals surface area contributed by atoms with E-state index < -0.39 is 5.92 Å². The van der Waals surface area contributed by atoms with E-state index in [9.17, 15) is 4.79 Å². The summed E-state index contributed by atoms with van der Waals surface area (Å²) in [5.41, 5.74) is 1.87. The molecule has 0 amide bonds. The van der Waals surface area contributed by atoms with Crippen LogP contribution in [-0.4, -0.2) is 18.3 Å². The van der Waals surface area contributed by atoms with Crippen molar-refractivity contribution in [2.45, 2.75) is 12.8 Å². The van der Waals surface area contributed by atoms with Crippen molar-refractivity contribution >= 4 is 37.4 Å². The van der Waals surface area contributed by atoms with E-state index in [-0.39, 0.29) is 5.97 Å². The topological polar surface area (TPSA) is 68.1 Å². The van der Waals surface area contributed by atoms with Gasteiger partial charge in [-0.15, -0.1) is 0 Å². The molecule has 0 radical (unpaired) electrons. The predicted octanol–water partition coefficient (Wildman–Crippen LogP) is 5.64. The number of nitrogens with zero attached hydrogens (tertiary/aromatic N) is 1. The van der Waals surface area contributed by atoms with Crippen LogP contribution in [0.3, 0.4) is 0 Å². The largest absolute Gasteiger partial charge is 0.497 e. The van der Waals surface area contributed by atoms with E-state index >= 15 is 0 Å². The van der Waals surface area contributed by atoms with E-state index in [1.54, 1.807) is 19.2 Å². The Morgan fingerprint density at radius 3 is 2.33 bits per heavy atom. The molecule has 0 aliphatic carbocycles. The maximum Gasteiger partial charge on any atom is 0.318 e. The maximum atomic E-state index is 12.7. The Morgan fingerprint density at radius 1 is 0.933 bits per heavy atom. The summed E-state index contributed by atoms with van der Waals surface area (Å²) in [7, 11) is 4.56. The van der Waals surface area contributed by atoms with Crippen molar-refractivity contribution in [3.63, 3.8) is 0 Å². The lowest BCUT2D eigenvalue weighted by atomic mass is 9.98. The standard InChI is InChI=1S/C23H19NO4S2/c1-14(16-3-4-18-12-20(27-2)10-7-17(18)11-16)23(25)28-19-8-5-15(6-9-19)21-13-22(24-26)30-29-21/h3-14,26H,1-2H3. The molecule has 0 spiro atoms. The van der Waals surface area contributed by atoms with Crippen molar-refractivity contribution in [2.24, 2.45) is 5.16 Å². The molecule has 1 heterocycles. The molecule has 0 aliphatic rings. The van der Waals surface area contributed by atoms with Crippen LogP contribution >= 0.6 is 20.7 Å². The van der Waals surface area contributed by atoms with Gasteiger partial charge in [0.05, 0.1) is 13.0 Å². The van der Waals surface area contributed by atoms with Gasteiger partial charge in [0.1, 0.15) is 11.5 Å². The molecular weight excluding hydrogens is 418 g/mol. The number of hydrogen-bond donors (Lipinski definition) is 1. The smallest absolute Gasteiger partial charge is 0.318 e. The molecule has 5 nitrogen and oxygen atoms in total. The highest BCUT2D eigenvalue weighted by Gasteiger charge is 2.18. The molecule has 0 saturated heterocycles. The zero-order valence-corrected chi connectivity index (χ0v) is 18.0. The van der Waals surface area contributed by atoms with Gasteiger partial charge in [-0.3, -0.25) is 4.79 Å². The lowest BCUT2D eigenvalue weighted by Gasteiger charge is -2.13. The number of carbonyl (C=O) groups excluding carboxylic acids is 1. The van der Waals surface area contributed by atoms with E-state index in [0.29, 0.717) is 10.4 Å². The van der Waals surface area contributed by atoms with Crippen LogP contribution in [0.25, 0.3) is 21.2 Å². The summed E-state index contributed by atoms with van der Waals surface area (Å²) < 4.78 is 11.4. The van der Waals surface area contributed by atoms with Crippen LogP contribution in [0.5, 0.6) is 11.5 Å². The molecule has 30 heavy (non-hydrogen) atoms. The molecule has 0 bridgehead atoms. The molecule has 152 valence electrons. The van der Waals surface area contributed by atoms with Crippen LogP contribution in [0.2, 0.25) is 0 Å². The van der Waals surface area contributed by atoms with Gasteiger partial charge >= 0.3 is 5.97 Å². The summed E-state index contributed by atoms with van der Waals surface area (Å²) in [6, 6.07) is 20.9. The molecule has 0 saturated carbocycles. The minimum Gasteiger partial charge on any atom is -0.497 e. The fourth-order valence-electron chi connectivity index (χ4n) is 3.09. The summed E-state index contributed by atoms with van der Waals surface area (Å²) in [6.45, 7) is 1.84. The van der Waals surface area contributed by atoms with Crippen LogP contribution in [0.4, 0.5) is 0 Å². The summed E-state index contributed by atoms with van der Waals surface area (Å²) in [4.78, 5) is 13.7. The lowest BCUT2D eigenvalue weighted by Crippen LogP contribution is -2.16. The predicted molar refractivity (Wildman–Crippen MR) is 120 cm³/mol. The molecule has 1 atom stereocenters. The summed E-state index contributed by atoms with van der Waals surface area (Å²) in [6.07, 6.45) is 0. The first kappa shape index (κ1) is 20.1. The number of carbonyl (C=O) groups is 1. The molecule has 1 N–H and O–H groups in total. The highest BCUT2D eigenvalue weighted by Crippen LogP contribution is 2.29. The number of rotatable bonds is 5. The molecular formula is C23H19NO4S2. The van der Waals surface area contributed by atoms with Crippen molar-refractivity contribution in [1.82, 2.24) is 0 Å². The van der Waals surface area contributed by atoms with Crippen molar-refractivity contribution in [3.05, 3.63) is 77.0 Å². The van der Waals surface area contributed by atoms with Crippen LogP contribution in [0.1, 0.15) is 18.4 Å². The van der Waals surface area contributed by atoms with Crippen molar-refractivity contribution in [1.29, 1.82) is 0 Å². The minimum absolute atomic E-state index is 0.310. The molecule has 3 aromatic carbocycles. The number of fused-ring (bicyclic) bond motifs is 1. The van der Waals surface area contributed by atoms with Gasteiger partial charge in [-0.1, -0.05) is 50.1 Å². The maximum absolute atomic E-state index is 12.7. The lowest BCUT2D eigenvalue weighted by molar-refractivity contribution is -0.135. The summed E-state index contributed by atoms with van der Waals surface area (Å²) >= 11 is 0. The molecule has 0 fully saturated rings. The molecule has 4 rings (SSSR count). The molecule has 0 aliphatic heterocycles. The zero-order chi connectivity index (χ0) is 21.1. The second kappa shape index (κ2) is 8.69. The van der Waals surface area contributed by atoms with Crippen molar-refractivity contribution < 1.29 is 19.5 Å². The third-order valence-corrected chi connectivity index (χ3v) is 7.14. The average molecular weight is 438 g/mol. The Labute approximate surface area is 180 Å². The Bertz CT molecular complexity index is 1260. The number of hydrogen-bond acceptors (Lipinski definition) is 7. The fourth-order valence-corrected chi connectivity index (χ4v) is 5.14. The third kappa shape index (κ3) is 4.22. The van der Waals surface area contributed by atoms with E-state index in [1.807, 2.05) is 61.5 Å². The van der Waals surface area contributed by atoms with Crippen LogP contribution < -0.4 is 14.1 Å². The zero-order valence-electron chi connectivity index (χ0n) is 16.4. The van der Waals surface area contributed by atoms with E-state index in [2.05, 4.69) is 5.16 Å². The molecule has 1 aromatic heterocycles. The van der Waals surface area contributed by atoms with Crippen LogP contribution in [0, 0.1) is 0 Å². The van der Waals surface area contributed by atoms with E-state index in [1.165, 1.54) is 20.7 Å². The van der Waals surface area contributed by atoms with Gasteiger partial charge in [-0.2, -0.15) is 0 Å². The summed E-state index contributed by atoms with van der Waals surface area (Å²) in [5, 5.41) is 14.2. The number of ether oxygens (including phenoxy) is 2. The average Bonchev–Trinajstić information content (AvgIpc) is 3.27. The van der Waals surface area contributed by atoms with Crippen LogP contribution in [-0.2, 0) is 4.79 Å². The SMILES string of the molecule is COc1ccc2cc(C(C)C(=O)Oc3ccc(-c4cc(=NO)ss4)cc3)ccc2c1. The van der Waals surface area contributed by atoms with Crippen molar-refractivity contribution in [3.8, 4) is 21.9 Å². The third-order valence-electron chi connectivity index (χ3n) is 4.85. The summed E-state index contributed by atoms with van der Waals surface area (Å²) in [5.74, 6) is 0.587. The molecule has 1 unspecified atom stereocenters. The number of benzene rings is 3. The quantitative estimate of drug-likeness (QED) is 0.144. The van der Waals surface area contributed by atoms with Gasteiger partial charge in [0.15, 0.2) is 4.67 Å². The Balaban J connectivity index is 1.48. The minimum atomic E-state index is -0.399. The first-order valence-corrected chi connectivity index (χ1v) is 11.4. The monoisotopic (exact) mass is 437 g/mol. The van der Waals surface area contributed by atoms with Gasteiger partial charge in [-0.05, 0) is 71.3 Å². The van der Waals surface area contributed by atoms with Crippen LogP contribution in [0.15, 0.2) is 71.9 Å². The first-order chi connectivity index (χ1) is 14.6. The fraction of sp³-hybridized carbons (Fsp3) is 0.130. The Kier molecular flexibility index (Phi) is 5.83. The Morgan fingerprint density at radius 2 is 1.63 bits per heavy atom. The normalized spacial score (nSPS) is 12.7. The van der Waals surface area contributed by atoms with E-state index in [4.69, 9.17) is 14.7 Å². The van der Waals surface area contributed by atoms with Gasteiger partial charge in [-0.25, -0.2) is 0 Å². The number of methoxy groups -OCH3 is 1. The molecule has 4 aromatic rings.